The highest BCUT2D eigenvalue weighted by Crippen LogP contribution is 2.44. The number of hydrogen-bond acceptors (Lipinski definition) is 4. The first-order chi connectivity index (χ1) is 14.2. The van der Waals surface area contributed by atoms with Gasteiger partial charge in [0.15, 0.2) is 0 Å². The van der Waals surface area contributed by atoms with E-state index in [1.165, 1.54) is 24.3 Å². The number of ether oxygens (including phenoxy) is 1. The fourth-order valence-corrected chi connectivity index (χ4v) is 6.46. The van der Waals surface area contributed by atoms with Crippen LogP contribution in [0.4, 0.5) is 10.1 Å². The predicted molar refractivity (Wildman–Crippen MR) is 116 cm³/mol. The number of benzene rings is 2. The summed E-state index contributed by atoms with van der Waals surface area (Å²) < 4.78 is 47.1. The molecule has 162 valence electrons. The van der Waals surface area contributed by atoms with Gasteiger partial charge in [-0.05, 0) is 73.2 Å². The van der Waals surface area contributed by atoms with Crippen molar-refractivity contribution in [1.82, 2.24) is 4.31 Å². The molecule has 0 spiro atoms. The minimum Gasteiger partial charge on any atom is -0.494 e. The summed E-state index contributed by atoms with van der Waals surface area (Å²) in [7, 11) is -3.68. The Morgan fingerprint density at radius 2 is 1.70 bits per heavy atom. The Morgan fingerprint density at radius 3 is 2.33 bits per heavy atom. The zero-order valence-electron chi connectivity index (χ0n) is 17.7. The summed E-state index contributed by atoms with van der Waals surface area (Å²) in [5, 5.41) is 0. The van der Waals surface area contributed by atoms with Crippen LogP contribution in [0.5, 0.6) is 5.75 Å². The molecule has 3 aliphatic rings. The second kappa shape index (κ2) is 7.85. The number of rotatable bonds is 5. The molecule has 5 nitrogen and oxygen atoms in total. The number of halogens is 1. The summed E-state index contributed by atoms with van der Waals surface area (Å²) in [5.74, 6) is 0.620. The number of nitrogens with zero attached hydrogens (tertiary/aromatic N) is 2. The van der Waals surface area contributed by atoms with Gasteiger partial charge in [-0.15, -0.1) is 0 Å². The lowest BCUT2D eigenvalue weighted by Crippen LogP contribution is -2.54. The Labute approximate surface area is 178 Å². The number of hydrogen-bond donors (Lipinski definition) is 0. The van der Waals surface area contributed by atoms with Crippen molar-refractivity contribution in [2.75, 3.05) is 31.1 Å². The van der Waals surface area contributed by atoms with Crippen molar-refractivity contribution in [3.63, 3.8) is 0 Å². The minimum atomic E-state index is -3.68. The molecule has 2 aromatic carbocycles. The van der Waals surface area contributed by atoms with E-state index < -0.39 is 15.8 Å². The Bertz CT molecular complexity index is 990. The standard InChI is InChI=1S/C23H29FN2O3S/c1-4-29-20-9-7-19(8-10-20)26-15-17-13-23(2,3)22(26)16-25(14-17)30(27,28)21-11-5-18(24)6-12-21/h5-12,17,22H,4,13-16H2,1-3H3. The molecule has 0 radical (unpaired) electrons. The molecule has 0 N–H and O–H groups in total. The quantitative estimate of drug-likeness (QED) is 0.712. The minimum absolute atomic E-state index is 0.0332. The van der Waals surface area contributed by atoms with Gasteiger partial charge in [-0.1, -0.05) is 13.8 Å². The van der Waals surface area contributed by atoms with E-state index in [1.807, 2.05) is 19.1 Å². The number of fused-ring (bicyclic) bond motifs is 4. The van der Waals surface area contributed by atoms with E-state index in [2.05, 4.69) is 30.9 Å². The van der Waals surface area contributed by atoms with Gasteiger partial charge < -0.3 is 9.64 Å². The van der Waals surface area contributed by atoms with Gasteiger partial charge in [0.05, 0.1) is 11.5 Å². The van der Waals surface area contributed by atoms with Gasteiger partial charge in [0.1, 0.15) is 11.6 Å². The maximum Gasteiger partial charge on any atom is 0.243 e. The summed E-state index contributed by atoms with van der Waals surface area (Å²) in [6, 6.07) is 13.2. The maximum absolute atomic E-state index is 13.3. The zero-order valence-corrected chi connectivity index (χ0v) is 18.5. The highest BCUT2D eigenvalue weighted by molar-refractivity contribution is 7.89. The molecule has 2 bridgehead atoms. The molecule has 3 aliphatic heterocycles. The molecule has 3 fully saturated rings. The van der Waals surface area contributed by atoms with Gasteiger partial charge in [0.2, 0.25) is 10.0 Å². The van der Waals surface area contributed by atoms with Crippen molar-refractivity contribution in [3.05, 3.63) is 54.3 Å². The van der Waals surface area contributed by atoms with Gasteiger partial charge in [-0.2, -0.15) is 4.31 Å². The van der Waals surface area contributed by atoms with Crippen molar-refractivity contribution >= 4 is 15.7 Å². The van der Waals surface area contributed by atoms with E-state index >= 15 is 0 Å². The Kier molecular flexibility index (Phi) is 5.53. The highest BCUT2D eigenvalue weighted by atomic mass is 32.2. The molecule has 2 atom stereocenters. The summed E-state index contributed by atoms with van der Waals surface area (Å²) in [6.07, 6.45) is 0.973. The lowest BCUT2D eigenvalue weighted by Gasteiger charge is -2.48. The molecule has 0 amide bonds. The molecular formula is C23H29FN2O3S. The normalized spacial score (nSPS) is 23.9. The van der Waals surface area contributed by atoms with Crippen LogP contribution in [0.2, 0.25) is 0 Å². The predicted octanol–water partition coefficient (Wildman–Crippen LogP) is 4.15. The number of anilines is 1. The molecule has 3 heterocycles. The van der Waals surface area contributed by atoms with Crippen molar-refractivity contribution in [2.24, 2.45) is 11.3 Å². The van der Waals surface area contributed by atoms with Crippen molar-refractivity contribution in [2.45, 2.75) is 38.1 Å². The van der Waals surface area contributed by atoms with Crippen LogP contribution in [0.15, 0.2) is 53.4 Å². The monoisotopic (exact) mass is 432 g/mol. The largest absolute Gasteiger partial charge is 0.494 e. The van der Waals surface area contributed by atoms with E-state index in [0.29, 0.717) is 19.7 Å². The Morgan fingerprint density at radius 1 is 1.03 bits per heavy atom. The molecule has 0 aromatic heterocycles. The van der Waals surface area contributed by atoms with Gasteiger partial charge in [0, 0.05) is 31.4 Å². The molecule has 0 saturated carbocycles. The third kappa shape index (κ3) is 3.93. The third-order valence-corrected chi connectivity index (χ3v) is 8.16. The van der Waals surface area contributed by atoms with Crippen LogP contribution in [0.25, 0.3) is 0 Å². The molecule has 30 heavy (non-hydrogen) atoms. The van der Waals surface area contributed by atoms with Crippen LogP contribution in [0.3, 0.4) is 0 Å². The third-order valence-electron chi connectivity index (χ3n) is 6.32. The summed E-state index contributed by atoms with van der Waals surface area (Å²) >= 11 is 0. The van der Waals surface area contributed by atoms with E-state index in [4.69, 9.17) is 4.74 Å². The highest BCUT2D eigenvalue weighted by Gasteiger charge is 2.48. The van der Waals surface area contributed by atoms with Crippen LogP contribution in [0, 0.1) is 17.2 Å². The second-order valence-electron chi connectivity index (χ2n) is 8.93. The smallest absolute Gasteiger partial charge is 0.243 e. The Hall–Kier alpha value is -2.12. The van der Waals surface area contributed by atoms with Crippen molar-refractivity contribution in [3.8, 4) is 5.75 Å². The van der Waals surface area contributed by atoms with E-state index in [9.17, 15) is 12.8 Å². The summed E-state index contributed by atoms with van der Waals surface area (Å²) in [5.41, 5.74) is 1.05. The molecule has 0 aliphatic carbocycles. The Balaban J connectivity index is 1.65. The van der Waals surface area contributed by atoms with Crippen LogP contribution in [-0.2, 0) is 10.0 Å². The van der Waals surface area contributed by atoms with Gasteiger partial charge in [-0.25, -0.2) is 12.8 Å². The van der Waals surface area contributed by atoms with Crippen LogP contribution in [-0.4, -0.2) is 45.0 Å². The number of piperidine rings is 1. The first-order valence-electron chi connectivity index (χ1n) is 10.5. The summed E-state index contributed by atoms with van der Waals surface area (Å²) in [4.78, 5) is 2.50. The van der Waals surface area contributed by atoms with Crippen LogP contribution < -0.4 is 9.64 Å². The molecule has 7 heteroatoms. The molecule has 2 unspecified atom stereocenters. The summed E-state index contributed by atoms with van der Waals surface area (Å²) in [6.45, 7) is 8.73. The molecule has 5 rings (SSSR count). The number of sulfonamides is 1. The van der Waals surface area contributed by atoms with Gasteiger partial charge in [-0.3, -0.25) is 0 Å². The topological polar surface area (TPSA) is 49.9 Å². The average molecular weight is 433 g/mol. The van der Waals surface area contributed by atoms with E-state index in [0.717, 1.165) is 24.4 Å². The van der Waals surface area contributed by atoms with Gasteiger partial charge >= 0.3 is 0 Å². The maximum atomic E-state index is 13.3. The fraction of sp³-hybridized carbons (Fsp3) is 0.478. The zero-order chi connectivity index (χ0) is 21.5. The van der Waals surface area contributed by atoms with Crippen molar-refractivity contribution in [1.29, 1.82) is 0 Å². The molecule has 2 aromatic rings. The lowest BCUT2D eigenvalue weighted by atomic mass is 9.73. The second-order valence-corrected chi connectivity index (χ2v) is 10.9. The van der Waals surface area contributed by atoms with Crippen LogP contribution in [0.1, 0.15) is 27.2 Å². The lowest BCUT2D eigenvalue weighted by molar-refractivity contribution is 0.192. The SMILES string of the molecule is CCOc1ccc(N2CC3CN(S(=O)(=O)c4ccc(F)cc4)CC2C(C)(C)C3)cc1. The van der Waals surface area contributed by atoms with Crippen LogP contribution >= 0.6 is 0 Å². The van der Waals surface area contributed by atoms with Gasteiger partial charge in [0.25, 0.3) is 0 Å². The fourth-order valence-electron chi connectivity index (χ4n) is 4.93. The molecular weight excluding hydrogens is 403 g/mol. The average Bonchev–Trinajstić information content (AvgIpc) is 2.97. The first kappa shape index (κ1) is 21.1. The van der Waals surface area contributed by atoms with E-state index in [-0.39, 0.29) is 22.3 Å². The first-order valence-corrected chi connectivity index (χ1v) is 11.9. The van der Waals surface area contributed by atoms with Crippen molar-refractivity contribution < 1.29 is 17.5 Å². The van der Waals surface area contributed by atoms with E-state index in [1.54, 1.807) is 4.31 Å². The molecule has 3 saturated heterocycles.